The van der Waals surface area contributed by atoms with Crippen molar-refractivity contribution < 1.29 is 14.3 Å². The molecule has 0 bridgehead atoms. The SMILES string of the molecule is CC1N=C(SCC(=O)NC[C@H]2CN(Cc3ccc(Cl)c(Cl)c3)CCO2)SC1C(N)=O. The van der Waals surface area contributed by atoms with Crippen LogP contribution in [0.1, 0.15) is 12.5 Å². The lowest BCUT2D eigenvalue weighted by molar-refractivity contribution is -0.120. The number of rotatable bonds is 7. The number of primary amides is 1. The van der Waals surface area contributed by atoms with Crippen molar-refractivity contribution >= 4 is 62.9 Å². The molecule has 2 aliphatic heterocycles. The van der Waals surface area contributed by atoms with E-state index in [1.807, 2.05) is 19.1 Å². The second kappa shape index (κ2) is 11.1. The number of hydrogen-bond donors (Lipinski definition) is 2. The molecule has 0 spiro atoms. The summed E-state index contributed by atoms with van der Waals surface area (Å²) in [5.74, 6) is -0.233. The minimum Gasteiger partial charge on any atom is -0.374 e. The zero-order valence-electron chi connectivity index (χ0n) is 16.5. The Hall–Kier alpha value is -0.970. The summed E-state index contributed by atoms with van der Waals surface area (Å²) >= 11 is 14.7. The van der Waals surface area contributed by atoms with E-state index in [1.165, 1.54) is 23.5 Å². The Labute approximate surface area is 194 Å². The van der Waals surface area contributed by atoms with Gasteiger partial charge >= 0.3 is 0 Å². The van der Waals surface area contributed by atoms with Crippen LogP contribution in [0.15, 0.2) is 23.2 Å². The number of thioether (sulfide) groups is 2. The van der Waals surface area contributed by atoms with Gasteiger partial charge < -0.3 is 15.8 Å². The standard InChI is InChI=1S/C19H24Cl2N4O3S2/c1-11-17(18(22)27)30-19(24-11)29-10-16(26)23-7-13-9-25(4-5-28-13)8-12-2-3-14(20)15(21)6-12/h2-3,6,11,13,17H,4-5,7-10H2,1H3,(H2,22,27)(H,23,26)/t11?,13-,17?/m0/s1. The van der Waals surface area contributed by atoms with Gasteiger partial charge in [0.15, 0.2) is 0 Å². The van der Waals surface area contributed by atoms with Crippen LogP contribution in [0, 0.1) is 0 Å². The van der Waals surface area contributed by atoms with Gasteiger partial charge in [0.25, 0.3) is 0 Å². The molecule has 3 rings (SSSR count). The van der Waals surface area contributed by atoms with Crippen molar-refractivity contribution in [2.75, 3.05) is 32.0 Å². The summed E-state index contributed by atoms with van der Waals surface area (Å²) in [7, 11) is 0. The fourth-order valence-electron chi connectivity index (χ4n) is 3.19. The molecular weight excluding hydrogens is 467 g/mol. The van der Waals surface area contributed by atoms with E-state index in [4.69, 9.17) is 33.7 Å². The van der Waals surface area contributed by atoms with E-state index in [9.17, 15) is 9.59 Å². The molecule has 1 fully saturated rings. The number of nitrogens with one attached hydrogen (secondary N) is 1. The summed E-state index contributed by atoms with van der Waals surface area (Å²) in [5, 5.41) is 3.65. The molecule has 1 aromatic carbocycles. The van der Waals surface area contributed by atoms with Gasteiger partial charge in [0.2, 0.25) is 11.8 Å². The Kier molecular flexibility index (Phi) is 8.73. The topological polar surface area (TPSA) is 97.0 Å². The highest BCUT2D eigenvalue weighted by Gasteiger charge is 2.31. The van der Waals surface area contributed by atoms with Gasteiger partial charge in [0.1, 0.15) is 9.63 Å². The fourth-order valence-corrected chi connectivity index (χ4v) is 5.68. The molecule has 0 radical (unpaired) electrons. The minimum absolute atomic E-state index is 0.0760. The molecule has 1 saturated heterocycles. The zero-order chi connectivity index (χ0) is 21.7. The maximum absolute atomic E-state index is 12.2. The average molecular weight is 491 g/mol. The third-order valence-corrected chi connectivity index (χ3v) is 8.05. The van der Waals surface area contributed by atoms with Crippen molar-refractivity contribution in [3.63, 3.8) is 0 Å². The molecule has 7 nitrogen and oxygen atoms in total. The molecule has 0 aliphatic carbocycles. The van der Waals surface area contributed by atoms with Crippen molar-refractivity contribution in [2.45, 2.75) is 30.9 Å². The lowest BCUT2D eigenvalue weighted by Crippen LogP contribution is -2.47. The number of halogens is 2. The van der Waals surface area contributed by atoms with Crippen LogP contribution in [0.5, 0.6) is 0 Å². The van der Waals surface area contributed by atoms with Crippen LogP contribution in [0.4, 0.5) is 0 Å². The molecule has 3 N–H and O–H groups in total. The normalized spacial score (nSPS) is 24.5. The van der Waals surface area contributed by atoms with Crippen LogP contribution in [-0.2, 0) is 20.9 Å². The van der Waals surface area contributed by atoms with Crippen molar-refractivity contribution in [1.29, 1.82) is 0 Å². The molecule has 11 heteroatoms. The summed E-state index contributed by atoms with van der Waals surface area (Å²) in [6.45, 7) is 5.18. The molecule has 3 atom stereocenters. The number of hydrogen-bond acceptors (Lipinski definition) is 7. The lowest BCUT2D eigenvalue weighted by atomic mass is 10.2. The zero-order valence-corrected chi connectivity index (χ0v) is 19.6. The number of nitrogens with two attached hydrogens (primary N) is 1. The van der Waals surface area contributed by atoms with E-state index < -0.39 is 0 Å². The molecule has 2 aliphatic rings. The third-order valence-electron chi connectivity index (χ3n) is 4.72. The molecule has 164 valence electrons. The summed E-state index contributed by atoms with van der Waals surface area (Å²) in [5.41, 5.74) is 6.45. The van der Waals surface area contributed by atoms with Crippen LogP contribution in [0.2, 0.25) is 10.0 Å². The second-order valence-corrected chi connectivity index (χ2v) is 10.3. The first kappa shape index (κ1) is 23.7. The van der Waals surface area contributed by atoms with Gasteiger partial charge in [-0.25, -0.2) is 0 Å². The monoisotopic (exact) mass is 490 g/mol. The van der Waals surface area contributed by atoms with Gasteiger partial charge in [-0.2, -0.15) is 0 Å². The smallest absolute Gasteiger partial charge is 0.233 e. The van der Waals surface area contributed by atoms with E-state index >= 15 is 0 Å². The van der Waals surface area contributed by atoms with Gasteiger partial charge in [-0.3, -0.25) is 19.5 Å². The van der Waals surface area contributed by atoms with E-state index in [2.05, 4.69) is 15.2 Å². The number of morpholine rings is 1. The number of benzene rings is 1. The highest BCUT2D eigenvalue weighted by Crippen LogP contribution is 2.32. The molecule has 0 saturated carbocycles. The number of nitrogens with zero attached hydrogens (tertiary/aromatic N) is 2. The first-order valence-electron chi connectivity index (χ1n) is 9.53. The number of amides is 2. The van der Waals surface area contributed by atoms with Crippen molar-refractivity contribution in [1.82, 2.24) is 10.2 Å². The van der Waals surface area contributed by atoms with E-state index in [0.29, 0.717) is 29.7 Å². The largest absolute Gasteiger partial charge is 0.374 e. The van der Waals surface area contributed by atoms with E-state index in [0.717, 1.165) is 23.0 Å². The van der Waals surface area contributed by atoms with Crippen LogP contribution in [-0.4, -0.2) is 70.5 Å². The Balaban J connectivity index is 1.39. The lowest BCUT2D eigenvalue weighted by Gasteiger charge is -2.33. The average Bonchev–Trinajstić information content (AvgIpc) is 3.09. The van der Waals surface area contributed by atoms with Gasteiger partial charge in [-0.15, -0.1) is 0 Å². The Morgan fingerprint density at radius 1 is 1.40 bits per heavy atom. The first-order valence-corrected chi connectivity index (χ1v) is 12.1. The number of carbonyl (C=O) groups is 2. The number of carbonyl (C=O) groups excluding carboxylic acids is 2. The molecule has 0 aromatic heterocycles. The first-order chi connectivity index (χ1) is 14.3. The summed E-state index contributed by atoms with van der Waals surface area (Å²) < 4.78 is 6.51. The fraction of sp³-hybridized carbons (Fsp3) is 0.526. The number of ether oxygens (including phenoxy) is 1. The summed E-state index contributed by atoms with van der Waals surface area (Å²) in [6, 6.07) is 5.48. The summed E-state index contributed by atoms with van der Waals surface area (Å²) in [6.07, 6.45) is -0.0760. The molecule has 2 unspecified atom stereocenters. The third kappa shape index (κ3) is 6.77. The van der Waals surface area contributed by atoms with Gasteiger partial charge in [0.05, 0.1) is 34.6 Å². The van der Waals surface area contributed by atoms with Gasteiger partial charge in [-0.05, 0) is 24.6 Å². The predicted molar refractivity (Wildman–Crippen MR) is 124 cm³/mol. The van der Waals surface area contributed by atoms with Crippen LogP contribution >= 0.6 is 46.7 Å². The van der Waals surface area contributed by atoms with Gasteiger partial charge in [-0.1, -0.05) is 52.8 Å². The van der Waals surface area contributed by atoms with Crippen molar-refractivity contribution in [3.05, 3.63) is 33.8 Å². The van der Waals surface area contributed by atoms with Crippen LogP contribution in [0.3, 0.4) is 0 Å². The Bertz CT molecular complexity index is 827. The predicted octanol–water partition coefficient (Wildman–Crippen LogP) is 2.39. The molecule has 2 amide bonds. The van der Waals surface area contributed by atoms with Crippen molar-refractivity contribution in [3.8, 4) is 0 Å². The highest BCUT2D eigenvalue weighted by molar-refractivity contribution is 8.39. The second-order valence-electron chi connectivity index (χ2n) is 7.15. The highest BCUT2D eigenvalue weighted by atomic mass is 35.5. The van der Waals surface area contributed by atoms with Crippen molar-refractivity contribution in [2.24, 2.45) is 10.7 Å². The molecule has 1 aromatic rings. The Morgan fingerprint density at radius 3 is 2.90 bits per heavy atom. The molecule has 30 heavy (non-hydrogen) atoms. The maximum Gasteiger partial charge on any atom is 0.233 e. The molecule has 2 heterocycles. The van der Waals surface area contributed by atoms with E-state index in [-0.39, 0.29) is 35.0 Å². The quantitative estimate of drug-likeness (QED) is 0.608. The minimum atomic E-state index is -0.379. The summed E-state index contributed by atoms with van der Waals surface area (Å²) in [4.78, 5) is 30.2. The van der Waals surface area contributed by atoms with Gasteiger partial charge in [0, 0.05) is 26.2 Å². The number of aliphatic imine (C=N–C) groups is 1. The Morgan fingerprint density at radius 2 is 2.20 bits per heavy atom. The maximum atomic E-state index is 12.2. The molecular formula is C19H24Cl2N4O3S2. The van der Waals surface area contributed by atoms with Crippen LogP contribution < -0.4 is 11.1 Å². The van der Waals surface area contributed by atoms with Crippen LogP contribution in [0.25, 0.3) is 0 Å². The van der Waals surface area contributed by atoms with E-state index in [1.54, 1.807) is 6.07 Å².